The van der Waals surface area contributed by atoms with Gasteiger partial charge in [-0.15, -0.1) is 0 Å². The minimum Gasteiger partial charge on any atom is -0.372 e. The van der Waals surface area contributed by atoms with Gasteiger partial charge in [0.2, 0.25) is 0 Å². The SMILES string of the molecule is Cc1nsc(NC(C)CCCC(C)C)c1C#N. The van der Waals surface area contributed by atoms with Crippen molar-refractivity contribution in [1.29, 1.82) is 5.26 Å². The fourth-order valence-electron chi connectivity index (χ4n) is 1.73. The van der Waals surface area contributed by atoms with E-state index in [1.54, 1.807) is 0 Å². The second-order valence-electron chi connectivity index (χ2n) is 4.95. The molecule has 1 heterocycles. The van der Waals surface area contributed by atoms with E-state index < -0.39 is 0 Å². The number of rotatable bonds is 6. The number of hydrogen-bond donors (Lipinski definition) is 1. The van der Waals surface area contributed by atoms with Crippen LogP contribution in [-0.4, -0.2) is 10.4 Å². The van der Waals surface area contributed by atoms with Crippen molar-refractivity contribution in [2.45, 2.75) is 53.0 Å². The van der Waals surface area contributed by atoms with Gasteiger partial charge in [0.05, 0.1) is 5.69 Å². The summed E-state index contributed by atoms with van der Waals surface area (Å²) < 4.78 is 4.21. The summed E-state index contributed by atoms with van der Waals surface area (Å²) in [5.41, 5.74) is 1.53. The first-order chi connectivity index (χ1) is 8.04. The normalized spacial score (nSPS) is 12.5. The van der Waals surface area contributed by atoms with Crippen LogP contribution in [0.25, 0.3) is 0 Å². The molecule has 0 radical (unpaired) electrons. The molecule has 0 bridgehead atoms. The molecular formula is C13H21N3S. The van der Waals surface area contributed by atoms with Crippen molar-refractivity contribution >= 4 is 16.5 Å². The Kier molecular flexibility index (Phi) is 5.43. The number of anilines is 1. The van der Waals surface area contributed by atoms with Crippen LogP contribution < -0.4 is 5.32 Å². The van der Waals surface area contributed by atoms with Crippen molar-refractivity contribution in [3.05, 3.63) is 11.3 Å². The lowest BCUT2D eigenvalue weighted by atomic mass is 10.0. The molecule has 0 aliphatic rings. The van der Waals surface area contributed by atoms with Gasteiger partial charge in [-0.05, 0) is 37.7 Å². The van der Waals surface area contributed by atoms with E-state index >= 15 is 0 Å². The van der Waals surface area contributed by atoms with Gasteiger partial charge in [0.25, 0.3) is 0 Å². The highest BCUT2D eigenvalue weighted by atomic mass is 32.1. The monoisotopic (exact) mass is 251 g/mol. The van der Waals surface area contributed by atoms with Gasteiger partial charge in [-0.25, -0.2) is 0 Å². The van der Waals surface area contributed by atoms with Crippen LogP contribution in [0, 0.1) is 24.2 Å². The van der Waals surface area contributed by atoms with E-state index in [1.165, 1.54) is 24.4 Å². The summed E-state index contributed by atoms with van der Waals surface area (Å²) in [5, 5.41) is 13.3. The van der Waals surface area contributed by atoms with E-state index in [9.17, 15) is 0 Å². The van der Waals surface area contributed by atoms with Crippen molar-refractivity contribution in [3.8, 4) is 6.07 Å². The predicted molar refractivity (Wildman–Crippen MR) is 73.3 cm³/mol. The topological polar surface area (TPSA) is 48.7 Å². The molecule has 0 fully saturated rings. The Bertz CT molecular complexity index is 390. The Hall–Kier alpha value is -1.08. The first-order valence-electron chi connectivity index (χ1n) is 6.17. The van der Waals surface area contributed by atoms with Crippen LogP contribution in [0.3, 0.4) is 0 Å². The third-order valence-corrected chi connectivity index (χ3v) is 3.64. The molecule has 1 aromatic heterocycles. The number of aromatic nitrogens is 1. The number of nitrogens with zero attached hydrogens (tertiary/aromatic N) is 2. The highest BCUT2D eigenvalue weighted by molar-refractivity contribution is 7.10. The van der Waals surface area contributed by atoms with Gasteiger partial charge in [-0.3, -0.25) is 0 Å². The standard InChI is InChI=1S/C13H21N3S/c1-9(2)6-5-7-10(3)15-13-12(8-14)11(4)16-17-13/h9-10,15H,5-7H2,1-4H3. The molecule has 3 nitrogen and oxygen atoms in total. The molecule has 94 valence electrons. The van der Waals surface area contributed by atoms with Crippen LogP contribution in [0.4, 0.5) is 5.00 Å². The lowest BCUT2D eigenvalue weighted by molar-refractivity contribution is 0.520. The average molecular weight is 251 g/mol. The molecule has 0 saturated carbocycles. The lowest BCUT2D eigenvalue weighted by Crippen LogP contribution is -2.15. The molecule has 1 rings (SSSR count). The number of nitrogens with one attached hydrogen (secondary N) is 1. The van der Waals surface area contributed by atoms with E-state index in [0.717, 1.165) is 23.0 Å². The van der Waals surface area contributed by atoms with Gasteiger partial charge in [-0.2, -0.15) is 9.64 Å². The molecule has 17 heavy (non-hydrogen) atoms. The second-order valence-corrected chi connectivity index (χ2v) is 5.73. The van der Waals surface area contributed by atoms with E-state index in [-0.39, 0.29) is 0 Å². The van der Waals surface area contributed by atoms with Crippen LogP contribution in [0.1, 0.15) is 51.3 Å². The van der Waals surface area contributed by atoms with Gasteiger partial charge in [0.1, 0.15) is 16.6 Å². The highest BCUT2D eigenvalue weighted by Gasteiger charge is 2.12. The van der Waals surface area contributed by atoms with Crippen molar-refractivity contribution in [3.63, 3.8) is 0 Å². The third-order valence-electron chi connectivity index (χ3n) is 2.77. The third kappa shape index (κ3) is 4.35. The van der Waals surface area contributed by atoms with Crippen molar-refractivity contribution in [2.24, 2.45) is 5.92 Å². The average Bonchev–Trinajstić information content (AvgIpc) is 2.58. The first-order valence-corrected chi connectivity index (χ1v) is 6.94. The number of nitriles is 1. The summed E-state index contributed by atoms with van der Waals surface area (Å²) in [4.78, 5) is 0. The molecule has 0 aromatic carbocycles. The maximum absolute atomic E-state index is 9.03. The van der Waals surface area contributed by atoms with Crippen LogP contribution in [-0.2, 0) is 0 Å². The zero-order chi connectivity index (χ0) is 12.8. The van der Waals surface area contributed by atoms with Gasteiger partial charge < -0.3 is 5.32 Å². The molecule has 1 N–H and O–H groups in total. The molecular weight excluding hydrogens is 230 g/mol. The minimum atomic E-state index is 0.403. The Morgan fingerprint density at radius 3 is 2.65 bits per heavy atom. The van der Waals surface area contributed by atoms with Crippen molar-refractivity contribution in [2.75, 3.05) is 5.32 Å². The van der Waals surface area contributed by atoms with Crippen LogP contribution >= 0.6 is 11.5 Å². The summed E-state index contributed by atoms with van der Waals surface area (Å²) in [6.07, 6.45) is 3.63. The van der Waals surface area contributed by atoms with Gasteiger partial charge in [0.15, 0.2) is 0 Å². The molecule has 4 heteroatoms. The quantitative estimate of drug-likeness (QED) is 0.832. The van der Waals surface area contributed by atoms with Gasteiger partial charge in [0, 0.05) is 6.04 Å². The van der Waals surface area contributed by atoms with Gasteiger partial charge >= 0.3 is 0 Å². The lowest BCUT2D eigenvalue weighted by Gasteiger charge is -2.14. The molecule has 0 spiro atoms. The second kappa shape index (κ2) is 6.61. The largest absolute Gasteiger partial charge is 0.372 e. The van der Waals surface area contributed by atoms with Gasteiger partial charge in [-0.1, -0.05) is 26.7 Å². The minimum absolute atomic E-state index is 0.403. The number of hydrogen-bond acceptors (Lipinski definition) is 4. The van der Waals surface area contributed by atoms with Crippen LogP contribution in [0.5, 0.6) is 0 Å². The highest BCUT2D eigenvalue weighted by Crippen LogP contribution is 2.24. The van der Waals surface area contributed by atoms with Crippen LogP contribution in [0.15, 0.2) is 0 Å². The summed E-state index contributed by atoms with van der Waals surface area (Å²) in [7, 11) is 0. The molecule has 1 aromatic rings. The Labute approximate surface area is 108 Å². The van der Waals surface area contributed by atoms with Crippen LogP contribution in [0.2, 0.25) is 0 Å². The maximum Gasteiger partial charge on any atom is 0.127 e. The smallest absolute Gasteiger partial charge is 0.127 e. The molecule has 1 unspecified atom stereocenters. The Morgan fingerprint density at radius 1 is 1.35 bits per heavy atom. The fraction of sp³-hybridized carbons (Fsp3) is 0.692. The Balaban J connectivity index is 2.45. The summed E-state index contributed by atoms with van der Waals surface area (Å²) in [6, 6.07) is 2.61. The maximum atomic E-state index is 9.03. The Morgan fingerprint density at radius 2 is 2.06 bits per heavy atom. The first kappa shape index (κ1) is 14.0. The van der Waals surface area contributed by atoms with E-state index in [0.29, 0.717) is 11.6 Å². The van der Waals surface area contributed by atoms with E-state index in [2.05, 4.69) is 36.5 Å². The zero-order valence-corrected chi connectivity index (χ0v) is 11.9. The van der Waals surface area contributed by atoms with Crippen molar-refractivity contribution < 1.29 is 0 Å². The molecule has 1 atom stereocenters. The summed E-state index contributed by atoms with van der Waals surface area (Å²) >= 11 is 1.39. The van der Waals surface area contributed by atoms with Crippen molar-refractivity contribution in [1.82, 2.24) is 4.37 Å². The molecule has 0 amide bonds. The number of aryl methyl sites for hydroxylation is 1. The molecule has 0 saturated heterocycles. The molecule has 0 aliphatic carbocycles. The summed E-state index contributed by atoms with van der Waals surface area (Å²) in [6.45, 7) is 8.54. The van der Waals surface area contributed by atoms with E-state index in [4.69, 9.17) is 5.26 Å². The summed E-state index contributed by atoms with van der Waals surface area (Å²) in [5.74, 6) is 0.766. The predicted octanol–water partition coefficient (Wildman–Crippen LogP) is 3.95. The molecule has 0 aliphatic heterocycles. The fourth-order valence-corrected chi connectivity index (χ4v) is 2.59. The zero-order valence-electron chi connectivity index (χ0n) is 11.1. The van der Waals surface area contributed by atoms with E-state index in [1.807, 2.05) is 6.92 Å².